The molecule has 1 aromatic rings. The molecule has 2 saturated carbocycles. The van der Waals surface area contributed by atoms with E-state index in [1.807, 2.05) is 0 Å². The molecule has 3 rings (SSSR count). The minimum Gasteiger partial charge on any atom is -0.319 e. The van der Waals surface area contributed by atoms with Gasteiger partial charge in [-0.1, -0.05) is 35.7 Å². The largest absolute Gasteiger partial charge is 0.319 e. The summed E-state index contributed by atoms with van der Waals surface area (Å²) in [6.45, 7) is 5.58. The van der Waals surface area contributed by atoms with Crippen LogP contribution in [0.25, 0.3) is 0 Å². The lowest BCUT2D eigenvalue weighted by atomic mass is 9.43. The predicted molar refractivity (Wildman–Crippen MR) is 77.0 cm³/mol. The Morgan fingerprint density at radius 3 is 2.11 bits per heavy atom. The van der Waals surface area contributed by atoms with Crippen LogP contribution in [0, 0.1) is 19.3 Å². The van der Waals surface area contributed by atoms with Crippen molar-refractivity contribution in [3.63, 3.8) is 0 Å². The summed E-state index contributed by atoms with van der Waals surface area (Å²) in [6, 6.07) is 7.11. The zero-order chi connectivity index (χ0) is 12.8. The predicted octanol–water partition coefficient (Wildman–Crippen LogP) is 3.72. The van der Waals surface area contributed by atoms with Crippen molar-refractivity contribution in [2.24, 2.45) is 5.41 Å². The molecule has 2 aliphatic carbocycles. The molecule has 0 amide bonds. The van der Waals surface area contributed by atoms with Gasteiger partial charge in [-0.3, -0.25) is 0 Å². The van der Waals surface area contributed by atoms with Crippen LogP contribution in [0.15, 0.2) is 18.2 Å². The van der Waals surface area contributed by atoms with Crippen LogP contribution in [0.3, 0.4) is 0 Å². The first kappa shape index (κ1) is 12.2. The van der Waals surface area contributed by atoms with Gasteiger partial charge in [-0.2, -0.15) is 0 Å². The minimum absolute atomic E-state index is 0.423. The van der Waals surface area contributed by atoms with Crippen LogP contribution in [0.4, 0.5) is 0 Å². The van der Waals surface area contributed by atoms with E-state index in [9.17, 15) is 0 Å². The van der Waals surface area contributed by atoms with Gasteiger partial charge in [0.25, 0.3) is 0 Å². The highest BCUT2D eigenvalue weighted by Gasteiger charge is 2.57. The third-order valence-corrected chi connectivity index (χ3v) is 5.19. The van der Waals surface area contributed by atoms with Gasteiger partial charge in [0.15, 0.2) is 0 Å². The van der Waals surface area contributed by atoms with Gasteiger partial charge < -0.3 is 5.32 Å². The van der Waals surface area contributed by atoms with Gasteiger partial charge in [0.05, 0.1) is 0 Å². The summed E-state index contributed by atoms with van der Waals surface area (Å²) in [5, 5.41) is 3.43. The average molecular weight is 243 g/mol. The lowest BCUT2D eigenvalue weighted by Gasteiger charge is -2.61. The van der Waals surface area contributed by atoms with Crippen LogP contribution >= 0.6 is 0 Å². The fourth-order valence-electron chi connectivity index (χ4n) is 4.46. The van der Waals surface area contributed by atoms with Crippen molar-refractivity contribution in [2.75, 3.05) is 13.6 Å². The number of aryl methyl sites for hydroxylation is 2. The summed E-state index contributed by atoms with van der Waals surface area (Å²) in [5.41, 5.74) is 5.55. The van der Waals surface area contributed by atoms with Crippen molar-refractivity contribution >= 4 is 0 Å². The first-order valence-electron chi connectivity index (χ1n) is 7.31. The lowest BCUT2D eigenvalue weighted by Crippen LogP contribution is -2.57. The lowest BCUT2D eigenvalue weighted by molar-refractivity contribution is -0.0476. The van der Waals surface area contributed by atoms with Crippen molar-refractivity contribution < 1.29 is 0 Å². The second-order valence-corrected chi connectivity index (χ2v) is 6.89. The quantitative estimate of drug-likeness (QED) is 0.853. The number of benzene rings is 1. The summed E-state index contributed by atoms with van der Waals surface area (Å²) in [4.78, 5) is 0. The minimum atomic E-state index is 0.423. The standard InChI is InChI=1S/C17H25N/c1-13-7-14(2)9-15(8-13)17(12-18-3)10-16(11-17)5-4-6-16/h7-9,18H,4-6,10-12H2,1-3H3. The Morgan fingerprint density at radius 2 is 1.67 bits per heavy atom. The monoisotopic (exact) mass is 243 g/mol. The van der Waals surface area contributed by atoms with Crippen molar-refractivity contribution in [2.45, 2.75) is 51.4 Å². The Hall–Kier alpha value is -0.820. The average Bonchev–Trinajstić information content (AvgIpc) is 2.18. The number of hydrogen-bond donors (Lipinski definition) is 1. The topological polar surface area (TPSA) is 12.0 Å². The molecule has 2 aliphatic rings. The molecular formula is C17H25N. The van der Waals surface area contributed by atoms with E-state index < -0.39 is 0 Å². The molecule has 18 heavy (non-hydrogen) atoms. The molecule has 0 aromatic heterocycles. The summed E-state index contributed by atoms with van der Waals surface area (Å²) < 4.78 is 0. The summed E-state index contributed by atoms with van der Waals surface area (Å²) in [7, 11) is 2.09. The number of nitrogens with one attached hydrogen (secondary N) is 1. The zero-order valence-corrected chi connectivity index (χ0v) is 12.0. The molecule has 1 N–H and O–H groups in total. The summed E-state index contributed by atoms with van der Waals surface area (Å²) >= 11 is 0. The van der Waals surface area contributed by atoms with Crippen LogP contribution in [0.1, 0.15) is 48.8 Å². The number of rotatable bonds is 3. The molecule has 1 heteroatoms. The van der Waals surface area contributed by atoms with E-state index in [0.717, 1.165) is 12.0 Å². The molecule has 0 bridgehead atoms. The maximum atomic E-state index is 3.43. The summed E-state index contributed by atoms with van der Waals surface area (Å²) in [5.74, 6) is 0. The van der Waals surface area contributed by atoms with Crippen LogP contribution in [0.5, 0.6) is 0 Å². The number of hydrogen-bond acceptors (Lipinski definition) is 1. The van der Waals surface area contributed by atoms with Crippen LogP contribution in [0.2, 0.25) is 0 Å². The Bertz CT molecular complexity index is 428. The van der Waals surface area contributed by atoms with Gasteiger partial charge in [-0.15, -0.1) is 0 Å². The highest BCUT2D eigenvalue weighted by atomic mass is 14.9. The van der Waals surface area contributed by atoms with Gasteiger partial charge in [-0.25, -0.2) is 0 Å². The van der Waals surface area contributed by atoms with Crippen LogP contribution < -0.4 is 5.32 Å². The molecule has 0 aliphatic heterocycles. The van der Waals surface area contributed by atoms with E-state index in [1.165, 1.54) is 43.2 Å². The zero-order valence-electron chi connectivity index (χ0n) is 12.0. The van der Waals surface area contributed by atoms with E-state index in [4.69, 9.17) is 0 Å². The third kappa shape index (κ3) is 1.80. The van der Waals surface area contributed by atoms with E-state index in [-0.39, 0.29) is 0 Å². The third-order valence-electron chi connectivity index (χ3n) is 5.19. The molecule has 1 spiro atoms. The van der Waals surface area contributed by atoms with Gasteiger partial charge in [0.1, 0.15) is 0 Å². The molecule has 1 aromatic carbocycles. The second-order valence-electron chi connectivity index (χ2n) is 6.89. The fraction of sp³-hybridized carbons (Fsp3) is 0.647. The highest BCUT2D eigenvalue weighted by molar-refractivity contribution is 5.38. The Balaban J connectivity index is 1.90. The van der Waals surface area contributed by atoms with Gasteiger partial charge in [0, 0.05) is 12.0 Å². The van der Waals surface area contributed by atoms with Crippen molar-refractivity contribution in [1.29, 1.82) is 0 Å². The van der Waals surface area contributed by atoms with Gasteiger partial charge in [0.2, 0.25) is 0 Å². The van der Waals surface area contributed by atoms with Gasteiger partial charge in [-0.05, 0) is 57.6 Å². The molecule has 0 saturated heterocycles. The first-order valence-corrected chi connectivity index (χ1v) is 7.31. The molecular weight excluding hydrogens is 218 g/mol. The molecule has 0 unspecified atom stereocenters. The maximum absolute atomic E-state index is 3.43. The molecule has 0 atom stereocenters. The molecule has 1 nitrogen and oxygen atoms in total. The first-order chi connectivity index (χ1) is 8.57. The van der Waals surface area contributed by atoms with Crippen molar-refractivity contribution in [1.82, 2.24) is 5.32 Å². The smallest absolute Gasteiger partial charge is 0.00884 e. The van der Waals surface area contributed by atoms with E-state index >= 15 is 0 Å². The maximum Gasteiger partial charge on any atom is 0.00884 e. The SMILES string of the molecule is CNCC1(c2cc(C)cc(C)c2)CC2(CCC2)C1. The summed E-state index contributed by atoms with van der Waals surface area (Å²) in [6.07, 6.45) is 7.22. The molecule has 0 radical (unpaired) electrons. The molecule has 0 heterocycles. The van der Waals surface area contributed by atoms with Crippen molar-refractivity contribution in [3.8, 4) is 0 Å². The fourth-order valence-corrected chi connectivity index (χ4v) is 4.46. The van der Waals surface area contributed by atoms with Crippen molar-refractivity contribution in [3.05, 3.63) is 34.9 Å². The Morgan fingerprint density at radius 1 is 1.06 bits per heavy atom. The Labute approximate surface area is 111 Å². The van der Waals surface area contributed by atoms with E-state index in [2.05, 4.69) is 44.4 Å². The van der Waals surface area contributed by atoms with E-state index in [1.54, 1.807) is 5.56 Å². The van der Waals surface area contributed by atoms with Gasteiger partial charge >= 0.3 is 0 Å². The van der Waals surface area contributed by atoms with E-state index in [0.29, 0.717) is 5.41 Å². The van der Waals surface area contributed by atoms with Crippen LogP contribution in [-0.4, -0.2) is 13.6 Å². The Kier molecular flexibility index (Phi) is 2.78. The molecule has 98 valence electrons. The second kappa shape index (κ2) is 4.09. The normalized spacial score (nSPS) is 23.5. The molecule has 2 fully saturated rings. The number of likely N-dealkylation sites (N-methyl/N-ethyl adjacent to an activating group) is 1. The highest BCUT2D eigenvalue weighted by Crippen LogP contribution is 2.64. The van der Waals surface area contributed by atoms with Crippen LogP contribution in [-0.2, 0) is 5.41 Å².